The lowest BCUT2D eigenvalue weighted by Gasteiger charge is -2.51. The average Bonchev–Trinajstić information content (AvgIpc) is 3.36. The largest absolute Gasteiger partial charge is 0.432 e. The van der Waals surface area contributed by atoms with Crippen molar-refractivity contribution in [3.63, 3.8) is 0 Å². The molecular formula is C22H29NO6. The maximum absolute atomic E-state index is 12.7. The summed E-state index contributed by atoms with van der Waals surface area (Å²) >= 11 is 0. The minimum absolute atomic E-state index is 0.0643. The fourth-order valence-electron chi connectivity index (χ4n) is 6.59. The summed E-state index contributed by atoms with van der Waals surface area (Å²) in [6, 6.07) is 3.26. The zero-order valence-electron chi connectivity index (χ0n) is 17.2. The fourth-order valence-corrected chi connectivity index (χ4v) is 6.59. The molecule has 1 aromatic rings. The standard InChI is InChI=1S/C22H29NO6/c1-13-4-5-17-14(2)19(26-18(24)15-7-10-23-11-8-15)27-22-12-21(17,22)16(13)6-9-20(3,28-22)29-25/h7-8,10-11,13-14,16-17,19,25H,4-6,9,12H2,1-3H3. The van der Waals surface area contributed by atoms with Crippen molar-refractivity contribution in [2.75, 3.05) is 0 Å². The Kier molecular flexibility index (Phi) is 4.34. The molecule has 0 aromatic carbocycles. The first-order valence-corrected chi connectivity index (χ1v) is 10.7. The summed E-state index contributed by atoms with van der Waals surface area (Å²) in [5.74, 6) is -1.01. The number of carbonyl (C=O) groups excluding carboxylic acids is 1. The molecule has 7 heteroatoms. The van der Waals surface area contributed by atoms with E-state index >= 15 is 0 Å². The van der Waals surface area contributed by atoms with E-state index in [1.165, 1.54) is 0 Å². The Morgan fingerprint density at radius 2 is 1.97 bits per heavy atom. The first kappa shape index (κ1) is 19.4. The van der Waals surface area contributed by atoms with E-state index < -0.39 is 23.8 Å². The van der Waals surface area contributed by atoms with Crippen LogP contribution in [0.1, 0.15) is 63.2 Å². The second kappa shape index (κ2) is 6.48. The molecule has 29 heavy (non-hydrogen) atoms. The van der Waals surface area contributed by atoms with Crippen molar-refractivity contribution in [2.24, 2.45) is 29.1 Å². The molecule has 158 valence electrons. The van der Waals surface area contributed by atoms with Gasteiger partial charge in [-0.1, -0.05) is 20.3 Å². The third-order valence-electron chi connectivity index (χ3n) is 8.05. The lowest BCUT2D eigenvalue weighted by Crippen LogP contribution is -2.54. The van der Waals surface area contributed by atoms with Gasteiger partial charge in [0.25, 0.3) is 0 Å². The number of pyridine rings is 1. The molecule has 0 amide bonds. The van der Waals surface area contributed by atoms with Crippen LogP contribution in [0.2, 0.25) is 0 Å². The molecular weight excluding hydrogens is 374 g/mol. The third kappa shape index (κ3) is 2.71. The van der Waals surface area contributed by atoms with Crippen molar-refractivity contribution < 1.29 is 29.1 Å². The maximum Gasteiger partial charge on any atom is 0.340 e. The monoisotopic (exact) mass is 403 g/mol. The Morgan fingerprint density at radius 3 is 2.69 bits per heavy atom. The van der Waals surface area contributed by atoms with E-state index in [-0.39, 0.29) is 11.3 Å². The number of aromatic nitrogens is 1. The lowest BCUT2D eigenvalue weighted by molar-refractivity contribution is -0.448. The molecule has 8 unspecified atom stereocenters. The van der Waals surface area contributed by atoms with Gasteiger partial charge < -0.3 is 14.2 Å². The summed E-state index contributed by atoms with van der Waals surface area (Å²) in [4.78, 5) is 21.4. The Labute approximate surface area is 170 Å². The molecule has 7 nitrogen and oxygen atoms in total. The zero-order chi connectivity index (χ0) is 20.4. The fraction of sp³-hybridized carbons (Fsp3) is 0.727. The van der Waals surface area contributed by atoms with Crippen molar-refractivity contribution in [3.05, 3.63) is 30.1 Å². The predicted molar refractivity (Wildman–Crippen MR) is 101 cm³/mol. The molecule has 1 aromatic heterocycles. The minimum atomic E-state index is -1.12. The van der Waals surface area contributed by atoms with Gasteiger partial charge in [0, 0.05) is 36.6 Å². The second-order valence-electron chi connectivity index (χ2n) is 9.59. The second-order valence-corrected chi connectivity index (χ2v) is 9.59. The van der Waals surface area contributed by atoms with E-state index in [0.29, 0.717) is 29.7 Å². The van der Waals surface area contributed by atoms with Gasteiger partial charge in [0.2, 0.25) is 12.1 Å². The van der Waals surface area contributed by atoms with E-state index in [4.69, 9.17) is 19.1 Å². The van der Waals surface area contributed by atoms with Gasteiger partial charge in [-0.15, -0.1) is 0 Å². The minimum Gasteiger partial charge on any atom is -0.432 e. The van der Waals surface area contributed by atoms with Gasteiger partial charge in [-0.2, -0.15) is 0 Å². The van der Waals surface area contributed by atoms with Crippen LogP contribution in [0.15, 0.2) is 24.5 Å². The van der Waals surface area contributed by atoms with E-state index in [1.54, 1.807) is 31.5 Å². The highest BCUT2D eigenvalue weighted by atomic mass is 17.2. The topological polar surface area (TPSA) is 87.1 Å². The van der Waals surface area contributed by atoms with E-state index in [2.05, 4.69) is 18.8 Å². The summed E-state index contributed by atoms with van der Waals surface area (Å²) in [6.45, 7) is 6.18. The van der Waals surface area contributed by atoms with Crippen molar-refractivity contribution in [1.82, 2.24) is 4.98 Å². The molecule has 2 saturated carbocycles. The van der Waals surface area contributed by atoms with Gasteiger partial charge in [-0.3, -0.25) is 4.98 Å². The number of esters is 1. The SMILES string of the molecule is CC1CCC2C(C)C(OC(=O)c3ccncc3)OC34CC23C1CCC(C)(OO)O4. The molecule has 8 atom stereocenters. The van der Waals surface area contributed by atoms with E-state index in [0.717, 1.165) is 25.7 Å². The zero-order valence-corrected chi connectivity index (χ0v) is 17.2. The summed E-state index contributed by atoms with van der Waals surface area (Å²) in [6.07, 6.45) is 6.92. The van der Waals surface area contributed by atoms with Crippen LogP contribution in [0.4, 0.5) is 0 Å². The molecule has 4 fully saturated rings. The van der Waals surface area contributed by atoms with Crippen LogP contribution in [0.25, 0.3) is 0 Å². The van der Waals surface area contributed by atoms with Gasteiger partial charge in [-0.25, -0.2) is 14.9 Å². The predicted octanol–water partition coefficient (Wildman–Crippen LogP) is 4.00. The smallest absolute Gasteiger partial charge is 0.340 e. The van der Waals surface area contributed by atoms with Crippen LogP contribution in [0, 0.1) is 29.1 Å². The van der Waals surface area contributed by atoms with E-state index in [9.17, 15) is 10.1 Å². The highest BCUT2D eigenvalue weighted by molar-refractivity contribution is 5.89. The Balaban J connectivity index is 1.47. The Morgan fingerprint density at radius 1 is 1.21 bits per heavy atom. The van der Waals surface area contributed by atoms with Crippen molar-refractivity contribution >= 4 is 5.97 Å². The number of hydrogen-bond acceptors (Lipinski definition) is 7. The molecule has 0 radical (unpaired) electrons. The van der Waals surface area contributed by atoms with Crippen LogP contribution in [0.5, 0.6) is 0 Å². The normalized spacial score (nSPS) is 48.1. The molecule has 1 N–H and O–H groups in total. The van der Waals surface area contributed by atoms with Crippen LogP contribution in [0.3, 0.4) is 0 Å². The maximum atomic E-state index is 12.7. The van der Waals surface area contributed by atoms with Crippen molar-refractivity contribution in [1.29, 1.82) is 0 Å². The van der Waals surface area contributed by atoms with Gasteiger partial charge >= 0.3 is 5.97 Å². The molecule has 2 aliphatic heterocycles. The molecule has 1 spiro atoms. The molecule has 5 rings (SSSR count). The van der Waals surface area contributed by atoms with E-state index in [1.807, 2.05) is 0 Å². The van der Waals surface area contributed by atoms with Gasteiger partial charge in [0.05, 0.1) is 5.56 Å². The highest BCUT2D eigenvalue weighted by Crippen LogP contribution is 2.78. The van der Waals surface area contributed by atoms with Gasteiger partial charge in [0.15, 0.2) is 5.79 Å². The van der Waals surface area contributed by atoms with Crippen LogP contribution < -0.4 is 0 Å². The summed E-state index contributed by atoms with van der Waals surface area (Å²) < 4.78 is 18.6. The number of rotatable bonds is 3. The van der Waals surface area contributed by atoms with Crippen LogP contribution in [-0.2, 0) is 19.1 Å². The quantitative estimate of drug-likeness (QED) is 0.464. The number of hydrogen-bond donors (Lipinski definition) is 1. The van der Waals surface area contributed by atoms with Crippen molar-refractivity contribution in [2.45, 2.75) is 70.7 Å². The lowest BCUT2D eigenvalue weighted by atomic mass is 9.58. The number of nitrogens with zero attached hydrogens (tertiary/aromatic N) is 1. The number of ether oxygens (including phenoxy) is 3. The molecule has 0 bridgehead atoms. The number of carbonyl (C=O) groups is 1. The molecule has 2 aliphatic carbocycles. The van der Waals surface area contributed by atoms with Gasteiger partial charge in [0.1, 0.15) is 0 Å². The Bertz CT molecular complexity index is 804. The third-order valence-corrected chi connectivity index (χ3v) is 8.05. The summed E-state index contributed by atoms with van der Waals surface area (Å²) in [5.41, 5.74) is 0.348. The molecule has 3 heterocycles. The Hall–Kier alpha value is -1.54. The molecule has 4 aliphatic rings. The van der Waals surface area contributed by atoms with Crippen LogP contribution in [-0.4, -0.2) is 34.1 Å². The highest BCUT2D eigenvalue weighted by Gasteiger charge is 2.83. The summed E-state index contributed by atoms with van der Waals surface area (Å²) in [7, 11) is 0. The molecule has 2 saturated heterocycles. The summed E-state index contributed by atoms with van der Waals surface area (Å²) in [5, 5.41) is 9.54. The average molecular weight is 403 g/mol. The van der Waals surface area contributed by atoms with Crippen LogP contribution >= 0.6 is 0 Å². The van der Waals surface area contributed by atoms with Crippen molar-refractivity contribution in [3.8, 4) is 0 Å². The first-order valence-electron chi connectivity index (χ1n) is 10.7. The van der Waals surface area contributed by atoms with Gasteiger partial charge in [-0.05, 0) is 49.7 Å². The first-order chi connectivity index (χ1) is 13.8.